The third kappa shape index (κ3) is 2.81. The SMILES string of the molecule is Fc1cc(F)c(F)c(-c2cccc(-c3c(F)c(F)cc(F)c3F)c2)c1F. The van der Waals surface area contributed by atoms with E-state index in [-0.39, 0.29) is 12.1 Å². The summed E-state index contributed by atoms with van der Waals surface area (Å²) >= 11 is 0. The van der Waals surface area contributed by atoms with Crippen molar-refractivity contribution < 1.29 is 35.1 Å². The van der Waals surface area contributed by atoms with E-state index in [9.17, 15) is 35.1 Å². The van der Waals surface area contributed by atoms with Crippen LogP contribution in [0, 0.1) is 46.5 Å². The molecule has 0 radical (unpaired) electrons. The lowest BCUT2D eigenvalue weighted by molar-refractivity contribution is 0.458. The number of benzene rings is 3. The van der Waals surface area contributed by atoms with E-state index in [0.29, 0.717) is 0 Å². The summed E-state index contributed by atoms with van der Waals surface area (Å²) < 4.78 is 109. The highest BCUT2D eigenvalue weighted by atomic mass is 19.2. The highest BCUT2D eigenvalue weighted by Crippen LogP contribution is 2.35. The molecule has 0 spiro atoms. The monoisotopic (exact) mass is 374 g/mol. The van der Waals surface area contributed by atoms with Crippen LogP contribution in [0.15, 0.2) is 36.4 Å². The van der Waals surface area contributed by atoms with Crippen LogP contribution in [0.1, 0.15) is 0 Å². The summed E-state index contributed by atoms with van der Waals surface area (Å²) in [6, 6.07) is 3.82. The smallest absolute Gasteiger partial charge is 0.169 e. The molecule has 0 aliphatic rings. The first kappa shape index (κ1) is 17.9. The van der Waals surface area contributed by atoms with Gasteiger partial charge in [0.05, 0.1) is 11.1 Å². The van der Waals surface area contributed by atoms with Crippen LogP contribution >= 0.6 is 0 Å². The van der Waals surface area contributed by atoms with Crippen LogP contribution in [-0.4, -0.2) is 0 Å². The Balaban J connectivity index is 2.28. The van der Waals surface area contributed by atoms with Gasteiger partial charge in [0.25, 0.3) is 0 Å². The Hall–Kier alpha value is -2.90. The van der Waals surface area contributed by atoms with Crippen molar-refractivity contribution in [1.82, 2.24) is 0 Å². The molecule has 3 rings (SSSR count). The van der Waals surface area contributed by atoms with Crippen LogP contribution in [0.5, 0.6) is 0 Å². The highest BCUT2D eigenvalue weighted by Gasteiger charge is 2.23. The maximum Gasteiger partial charge on any atom is 0.169 e. The number of rotatable bonds is 2. The van der Waals surface area contributed by atoms with Crippen molar-refractivity contribution in [3.8, 4) is 22.3 Å². The van der Waals surface area contributed by atoms with Gasteiger partial charge in [-0.25, -0.2) is 35.1 Å². The van der Waals surface area contributed by atoms with Gasteiger partial charge in [-0.05, 0) is 17.2 Å². The summed E-state index contributed by atoms with van der Waals surface area (Å²) in [4.78, 5) is 0. The van der Waals surface area contributed by atoms with E-state index in [1.165, 1.54) is 0 Å². The summed E-state index contributed by atoms with van der Waals surface area (Å²) in [7, 11) is 0. The Morgan fingerprint density at radius 1 is 0.423 bits per heavy atom. The lowest BCUT2D eigenvalue weighted by Gasteiger charge is -2.11. The van der Waals surface area contributed by atoms with Gasteiger partial charge in [0.1, 0.15) is 0 Å². The average molecular weight is 374 g/mol. The summed E-state index contributed by atoms with van der Waals surface area (Å²) in [6.07, 6.45) is 0. The molecular formula is C18H6F8. The molecule has 0 heterocycles. The highest BCUT2D eigenvalue weighted by molar-refractivity contribution is 5.74. The lowest BCUT2D eigenvalue weighted by atomic mass is 9.97. The number of halogens is 8. The van der Waals surface area contributed by atoms with E-state index in [0.717, 1.165) is 24.3 Å². The van der Waals surface area contributed by atoms with Gasteiger partial charge in [-0.2, -0.15) is 0 Å². The lowest BCUT2D eigenvalue weighted by Crippen LogP contribution is -2.00. The normalized spacial score (nSPS) is 11.1. The van der Waals surface area contributed by atoms with Gasteiger partial charge in [-0.1, -0.05) is 18.2 Å². The minimum Gasteiger partial charge on any atom is -0.204 e. The van der Waals surface area contributed by atoms with Crippen molar-refractivity contribution >= 4 is 0 Å². The fourth-order valence-corrected chi connectivity index (χ4v) is 2.48. The van der Waals surface area contributed by atoms with Gasteiger partial charge in [-0.15, -0.1) is 0 Å². The zero-order valence-corrected chi connectivity index (χ0v) is 12.5. The Morgan fingerprint density at radius 2 is 0.731 bits per heavy atom. The van der Waals surface area contributed by atoms with Gasteiger partial charge in [0, 0.05) is 12.1 Å². The molecule has 0 aliphatic carbocycles. The molecule has 0 fully saturated rings. The van der Waals surface area contributed by atoms with Crippen molar-refractivity contribution in [2.45, 2.75) is 0 Å². The summed E-state index contributed by atoms with van der Waals surface area (Å²) in [5.74, 6) is -13.6. The first-order valence-corrected chi connectivity index (χ1v) is 6.99. The molecule has 0 amide bonds. The van der Waals surface area contributed by atoms with Gasteiger partial charge < -0.3 is 0 Å². The van der Waals surface area contributed by atoms with Crippen LogP contribution in [0.4, 0.5) is 35.1 Å². The molecule has 0 N–H and O–H groups in total. The molecule has 0 aliphatic heterocycles. The summed E-state index contributed by atoms with van der Waals surface area (Å²) in [6.45, 7) is 0. The van der Waals surface area contributed by atoms with Crippen LogP contribution in [0.25, 0.3) is 22.3 Å². The summed E-state index contributed by atoms with van der Waals surface area (Å²) in [5, 5.41) is 0. The van der Waals surface area contributed by atoms with Crippen LogP contribution in [0.2, 0.25) is 0 Å². The molecule has 26 heavy (non-hydrogen) atoms. The molecule has 0 unspecified atom stereocenters. The quantitative estimate of drug-likeness (QED) is 0.374. The van der Waals surface area contributed by atoms with E-state index in [1.807, 2.05) is 0 Å². The fourth-order valence-electron chi connectivity index (χ4n) is 2.48. The molecule has 8 heteroatoms. The van der Waals surface area contributed by atoms with Crippen molar-refractivity contribution in [3.05, 3.63) is 82.9 Å². The van der Waals surface area contributed by atoms with E-state index in [2.05, 4.69) is 0 Å². The Morgan fingerprint density at radius 3 is 1.04 bits per heavy atom. The minimum absolute atomic E-state index is 0.000691. The first-order valence-electron chi connectivity index (χ1n) is 6.99. The fraction of sp³-hybridized carbons (Fsp3) is 0. The molecular weight excluding hydrogens is 368 g/mol. The Bertz CT molecular complexity index is 895. The predicted molar refractivity (Wildman–Crippen MR) is 77.0 cm³/mol. The van der Waals surface area contributed by atoms with Crippen molar-refractivity contribution in [3.63, 3.8) is 0 Å². The largest absolute Gasteiger partial charge is 0.204 e. The second kappa shape index (κ2) is 6.44. The van der Waals surface area contributed by atoms with Gasteiger partial charge in [0.15, 0.2) is 46.5 Å². The molecule has 0 bridgehead atoms. The standard InChI is InChI=1S/C18H6F8/c19-9-5-10(20)16(24)13(15(9)23)7-2-1-3-8(4-7)14-17(25)11(21)6-12(22)18(14)26/h1-6H. The third-order valence-corrected chi connectivity index (χ3v) is 3.66. The zero-order valence-electron chi connectivity index (χ0n) is 12.5. The second-order valence-corrected chi connectivity index (χ2v) is 5.27. The molecule has 0 aromatic heterocycles. The van der Waals surface area contributed by atoms with Crippen molar-refractivity contribution in [1.29, 1.82) is 0 Å². The van der Waals surface area contributed by atoms with Crippen LogP contribution < -0.4 is 0 Å². The van der Waals surface area contributed by atoms with Gasteiger partial charge in [-0.3, -0.25) is 0 Å². The Labute approximate surface area is 141 Å². The molecule has 134 valence electrons. The van der Waals surface area contributed by atoms with E-state index >= 15 is 0 Å². The van der Waals surface area contributed by atoms with Gasteiger partial charge >= 0.3 is 0 Å². The number of hydrogen-bond acceptors (Lipinski definition) is 0. The van der Waals surface area contributed by atoms with E-state index < -0.39 is 68.8 Å². The molecule has 0 saturated heterocycles. The van der Waals surface area contributed by atoms with E-state index in [4.69, 9.17) is 0 Å². The minimum atomic E-state index is -1.73. The second-order valence-electron chi connectivity index (χ2n) is 5.27. The Kier molecular flexibility index (Phi) is 4.43. The predicted octanol–water partition coefficient (Wildman–Crippen LogP) is 6.13. The first-order chi connectivity index (χ1) is 12.2. The summed E-state index contributed by atoms with van der Waals surface area (Å²) in [5.41, 5.74) is -3.22. The molecule has 3 aromatic carbocycles. The molecule has 0 nitrogen and oxygen atoms in total. The maximum absolute atomic E-state index is 13.9. The zero-order chi connectivity index (χ0) is 19.2. The van der Waals surface area contributed by atoms with Crippen LogP contribution in [-0.2, 0) is 0 Å². The molecule has 0 atom stereocenters. The van der Waals surface area contributed by atoms with Gasteiger partial charge in [0.2, 0.25) is 0 Å². The van der Waals surface area contributed by atoms with Crippen molar-refractivity contribution in [2.75, 3.05) is 0 Å². The van der Waals surface area contributed by atoms with Crippen LogP contribution in [0.3, 0.4) is 0 Å². The van der Waals surface area contributed by atoms with Crippen molar-refractivity contribution in [2.24, 2.45) is 0 Å². The average Bonchev–Trinajstić information content (AvgIpc) is 2.59. The topological polar surface area (TPSA) is 0 Å². The van der Waals surface area contributed by atoms with E-state index in [1.54, 1.807) is 0 Å². The third-order valence-electron chi connectivity index (χ3n) is 3.66. The molecule has 0 saturated carbocycles. The number of hydrogen-bond donors (Lipinski definition) is 0. The maximum atomic E-state index is 13.9. The molecule has 3 aromatic rings.